The number of benzene rings is 2. The summed E-state index contributed by atoms with van der Waals surface area (Å²) in [5.74, 6) is -0.690. The Morgan fingerprint density at radius 1 is 1.10 bits per heavy atom. The van der Waals surface area contributed by atoms with Crippen molar-refractivity contribution in [2.75, 3.05) is 5.32 Å². The third-order valence-electron chi connectivity index (χ3n) is 4.69. The standard InChI is InChI=1S/C23H24N2O4/c1-5-18-20(16(4)29-25-18)23(27)28-21(17-9-7-6-8-10-17)22(26)24-19-13-14(2)11-12-15(19)3/h6-13,21H,5H2,1-4H3,(H,24,26)/t21-/m0/s1. The Bertz CT molecular complexity index is 1020. The Balaban J connectivity index is 1.91. The van der Waals surface area contributed by atoms with Crippen LogP contribution in [0.3, 0.4) is 0 Å². The van der Waals surface area contributed by atoms with Gasteiger partial charge in [0.25, 0.3) is 5.91 Å². The highest BCUT2D eigenvalue weighted by Crippen LogP contribution is 2.25. The number of aryl methyl sites for hydroxylation is 4. The van der Waals surface area contributed by atoms with E-state index in [9.17, 15) is 9.59 Å². The van der Waals surface area contributed by atoms with Crippen molar-refractivity contribution < 1.29 is 18.8 Å². The van der Waals surface area contributed by atoms with Crippen molar-refractivity contribution in [1.29, 1.82) is 0 Å². The fourth-order valence-corrected chi connectivity index (χ4v) is 3.06. The number of nitrogens with zero attached hydrogens (tertiary/aromatic N) is 1. The molecule has 1 heterocycles. The van der Waals surface area contributed by atoms with Crippen molar-refractivity contribution in [2.45, 2.75) is 40.2 Å². The predicted molar refractivity (Wildman–Crippen MR) is 110 cm³/mol. The predicted octanol–water partition coefficient (Wildman–Crippen LogP) is 4.70. The third-order valence-corrected chi connectivity index (χ3v) is 4.69. The van der Waals surface area contributed by atoms with E-state index in [4.69, 9.17) is 9.26 Å². The topological polar surface area (TPSA) is 81.4 Å². The number of carbonyl (C=O) groups is 2. The van der Waals surface area contributed by atoms with E-state index in [1.807, 2.05) is 45.0 Å². The molecule has 6 heteroatoms. The second-order valence-electron chi connectivity index (χ2n) is 6.92. The van der Waals surface area contributed by atoms with Crippen molar-refractivity contribution in [3.8, 4) is 0 Å². The largest absolute Gasteiger partial charge is 0.444 e. The Morgan fingerprint density at radius 2 is 1.83 bits per heavy atom. The minimum absolute atomic E-state index is 0.271. The monoisotopic (exact) mass is 392 g/mol. The van der Waals surface area contributed by atoms with Crippen molar-refractivity contribution in [1.82, 2.24) is 5.16 Å². The van der Waals surface area contributed by atoms with Gasteiger partial charge in [0.15, 0.2) is 0 Å². The lowest BCUT2D eigenvalue weighted by Crippen LogP contribution is -2.26. The fraction of sp³-hybridized carbons (Fsp3) is 0.261. The van der Waals surface area contributed by atoms with Crippen molar-refractivity contribution >= 4 is 17.6 Å². The molecule has 0 unspecified atom stereocenters. The first-order chi connectivity index (χ1) is 13.9. The van der Waals surface area contributed by atoms with E-state index in [-0.39, 0.29) is 5.56 Å². The highest BCUT2D eigenvalue weighted by Gasteiger charge is 2.29. The van der Waals surface area contributed by atoms with E-state index in [1.165, 1.54) is 0 Å². The van der Waals surface area contributed by atoms with Crippen molar-refractivity contribution in [2.24, 2.45) is 0 Å². The molecule has 1 N–H and O–H groups in total. The number of carbonyl (C=O) groups excluding carboxylic acids is 2. The van der Waals surface area contributed by atoms with E-state index < -0.39 is 18.0 Å². The number of esters is 1. The zero-order valence-corrected chi connectivity index (χ0v) is 17.0. The van der Waals surface area contributed by atoms with E-state index in [0.717, 1.165) is 11.1 Å². The summed E-state index contributed by atoms with van der Waals surface area (Å²) in [4.78, 5) is 26.0. The molecule has 0 aliphatic carbocycles. The summed E-state index contributed by atoms with van der Waals surface area (Å²) in [7, 11) is 0. The molecule has 6 nitrogen and oxygen atoms in total. The lowest BCUT2D eigenvalue weighted by Gasteiger charge is -2.19. The average molecular weight is 392 g/mol. The molecule has 0 aliphatic heterocycles. The summed E-state index contributed by atoms with van der Waals surface area (Å²) in [6.45, 7) is 7.38. The van der Waals surface area contributed by atoms with E-state index in [2.05, 4.69) is 10.5 Å². The van der Waals surface area contributed by atoms with Crippen LogP contribution in [0.5, 0.6) is 0 Å². The first-order valence-electron chi connectivity index (χ1n) is 9.50. The summed E-state index contributed by atoms with van der Waals surface area (Å²) in [5.41, 5.74) is 3.98. The maximum atomic E-state index is 13.1. The molecule has 150 valence electrons. The molecule has 0 saturated heterocycles. The number of aromatic nitrogens is 1. The molecule has 3 aromatic rings. The zero-order valence-electron chi connectivity index (χ0n) is 17.0. The number of anilines is 1. The number of ether oxygens (including phenoxy) is 1. The quantitative estimate of drug-likeness (QED) is 0.615. The second kappa shape index (κ2) is 8.73. The molecule has 0 spiro atoms. The van der Waals surface area contributed by atoms with Crippen molar-refractivity contribution in [3.05, 3.63) is 82.2 Å². The fourth-order valence-electron chi connectivity index (χ4n) is 3.06. The summed E-state index contributed by atoms with van der Waals surface area (Å²) in [6.07, 6.45) is -0.588. The molecule has 29 heavy (non-hydrogen) atoms. The van der Waals surface area contributed by atoms with Gasteiger partial charge < -0.3 is 14.6 Å². The number of amides is 1. The number of hydrogen-bond donors (Lipinski definition) is 1. The lowest BCUT2D eigenvalue weighted by atomic mass is 10.1. The van der Waals surface area contributed by atoms with Gasteiger partial charge in [-0.25, -0.2) is 4.79 Å². The van der Waals surface area contributed by atoms with Crippen LogP contribution in [-0.4, -0.2) is 17.0 Å². The molecule has 0 bridgehead atoms. The summed E-state index contributed by atoms with van der Waals surface area (Å²) in [6, 6.07) is 14.7. The second-order valence-corrected chi connectivity index (χ2v) is 6.92. The SMILES string of the molecule is CCc1noc(C)c1C(=O)O[C@H](C(=O)Nc1cc(C)ccc1C)c1ccccc1. The van der Waals surface area contributed by atoms with Gasteiger partial charge >= 0.3 is 5.97 Å². The maximum absolute atomic E-state index is 13.1. The van der Waals surface area contributed by atoms with Gasteiger partial charge in [-0.1, -0.05) is 54.5 Å². The average Bonchev–Trinajstić information content (AvgIpc) is 3.10. The van der Waals surface area contributed by atoms with Crippen LogP contribution in [-0.2, 0) is 16.0 Å². The highest BCUT2D eigenvalue weighted by atomic mass is 16.6. The van der Waals surface area contributed by atoms with Gasteiger partial charge in [0.2, 0.25) is 6.10 Å². The number of nitrogens with one attached hydrogen (secondary N) is 1. The van der Waals surface area contributed by atoms with Gasteiger partial charge in [0.05, 0.1) is 5.69 Å². The Kier molecular flexibility index (Phi) is 6.12. The highest BCUT2D eigenvalue weighted by molar-refractivity contribution is 5.99. The van der Waals surface area contributed by atoms with Gasteiger partial charge in [0.1, 0.15) is 11.3 Å². The van der Waals surface area contributed by atoms with Crippen LogP contribution in [0, 0.1) is 20.8 Å². The molecule has 0 saturated carbocycles. The molecule has 1 aromatic heterocycles. The molecule has 0 fully saturated rings. The molecule has 0 aliphatic rings. The molecule has 1 amide bonds. The zero-order chi connectivity index (χ0) is 21.0. The van der Waals surface area contributed by atoms with E-state index in [1.54, 1.807) is 31.2 Å². The number of rotatable bonds is 6. The first-order valence-corrected chi connectivity index (χ1v) is 9.50. The van der Waals surface area contributed by atoms with E-state index >= 15 is 0 Å². The van der Waals surface area contributed by atoms with Crippen LogP contribution in [0.1, 0.15) is 51.5 Å². The number of hydrogen-bond acceptors (Lipinski definition) is 5. The van der Waals surface area contributed by atoms with Crippen molar-refractivity contribution in [3.63, 3.8) is 0 Å². The third kappa shape index (κ3) is 4.54. The minimum atomic E-state index is -1.11. The van der Waals surface area contributed by atoms with Gasteiger partial charge in [-0.15, -0.1) is 0 Å². The molecule has 0 radical (unpaired) electrons. The maximum Gasteiger partial charge on any atom is 0.344 e. The summed E-state index contributed by atoms with van der Waals surface area (Å²) < 4.78 is 10.8. The van der Waals surface area contributed by atoms with Crippen LogP contribution in [0.15, 0.2) is 53.1 Å². The summed E-state index contributed by atoms with van der Waals surface area (Å²) in [5, 5.41) is 6.78. The van der Waals surface area contributed by atoms with Gasteiger partial charge in [0, 0.05) is 11.3 Å². The first kappa shape index (κ1) is 20.3. The van der Waals surface area contributed by atoms with Crippen LogP contribution >= 0.6 is 0 Å². The van der Waals surface area contributed by atoms with Crippen LogP contribution in [0.2, 0.25) is 0 Å². The van der Waals surface area contributed by atoms with Gasteiger partial charge in [-0.2, -0.15) is 0 Å². The molecule has 3 rings (SSSR count). The van der Waals surface area contributed by atoms with Gasteiger partial charge in [-0.05, 0) is 44.4 Å². The molecular formula is C23H24N2O4. The normalized spacial score (nSPS) is 11.7. The Morgan fingerprint density at radius 3 is 2.52 bits per heavy atom. The Labute approximate surface area is 169 Å². The Hall–Kier alpha value is -3.41. The van der Waals surface area contributed by atoms with E-state index in [0.29, 0.717) is 29.1 Å². The lowest BCUT2D eigenvalue weighted by molar-refractivity contribution is -0.125. The van der Waals surface area contributed by atoms with Crippen LogP contribution < -0.4 is 5.32 Å². The summed E-state index contributed by atoms with van der Waals surface area (Å²) >= 11 is 0. The minimum Gasteiger partial charge on any atom is -0.444 e. The van der Waals surface area contributed by atoms with Gasteiger partial charge in [-0.3, -0.25) is 4.79 Å². The molecule has 2 aromatic carbocycles. The van der Waals surface area contributed by atoms with Crippen LogP contribution in [0.25, 0.3) is 0 Å². The molecular weight excluding hydrogens is 368 g/mol. The molecule has 1 atom stereocenters. The van der Waals surface area contributed by atoms with Crippen LogP contribution in [0.4, 0.5) is 5.69 Å². The smallest absolute Gasteiger partial charge is 0.344 e.